The molecule has 6 nitrogen and oxygen atoms in total. The third-order valence-corrected chi connectivity index (χ3v) is 5.65. The third-order valence-electron chi connectivity index (χ3n) is 5.18. The van der Waals surface area contributed by atoms with Crippen LogP contribution >= 0.6 is 23.2 Å². The summed E-state index contributed by atoms with van der Waals surface area (Å²) in [6, 6.07) is 18.9. The number of benzene rings is 3. The van der Waals surface area contributed by atoms with Crippen LogP contribution in [0.5, 0.6) is 5.75 Å². The van der Waals surface area contributed by atoms with E-state index < -0.39 is 11.9 Å². The van der Waals surface area contributed by atoms with E-state index in [9.17, 15) is 9.59 Å². The first kappa shape index (κ1) is 26.3. The third kappa shape index (κ3) is 7.84. The Bertz CT molecular complexity index is 1210. The van der Waals surface area contributed by atoms with E-state index in [0.29, 0.717) is 33.5 Å². The second kappa shape index (κ2) is 12.4. The number of carbonyl (C=O) groups excluding carboxylic acids is 2. The standard InChI is InChI=1S/C27H27Cl2N3O3/c1-17(2)25(31-26(33)20-9-7-18(3)8-10-20)27(34)32-30-15-21-14-23(29)11-12-24(21)35-16-19-5-4-6-22(28)13-19/h4-15,17,25H,16H2,1-3H3,(H,31,33)(H,32,34). The molecule has 0 bridgehead atoms. The largest absolute Gasteiger partial charge is 0.488 e. The lowest BCUT2D eigenvalue weighted by atomic mass is 10.0. The molecular formula is C27H27Cl2N3O3. The summed E-state index contributed by atoms with van der Waals surface area (Å²) in [6.07, 6.45) is 1.45. The number of aryl methyl sites for hydroxylation is 1. The highest BCUT2D eigenvalue weighted by Crippen LogP contribution is 2.23. The molecule has 0 heterocycles. The van der Waals surface area contributed by atoms with Gasteiger partial charge >= 0.3 is 0 Å². The number of nitrogens with one attached hydrogen (secondary N) is 2. The van der Waals surface area contributed by atoms with Crippen molar-refractivity contribution in [3.05, 3.63) is 99.0 Å². The summed E-state index contributed by atoms with van der Waals surface area (Å²) >= 11 is 12.2. The molecule has 0 aliphatic rings. The molecule has 1 unspecified atom stereocenters. The van der Waals surface area contributed by atoms with Crippen LogP contribution in [0.4, 0.5) is 0 Å². The van der Waals surface area contributed by atoms with Crippen molar-refractivity contribution < 1.29 is 14.3 Å². The smallest absolute Gasteiger partial charge is 0.262 e. The molecule has 0 radical (unpaired) electrons. The molecule has 2 amide bonds. The van der Waals surface area contributed by atoms with Gasteiger partial charge in [0.15, 0.2) is 0 Å². The van der Waals surface area contributed by atoms with Crippen molar-refractivity contribution in [2.75, 3.05) is 0 Å². The fourth-order valence-electron chi connectivity index (χ4n) is 3.24. The average Bonchev–Trinajstić information content (AvgIpc) is 2.82. The number of carbonyl (C=O) groups is 2. The van der Waals surface area contributed by atoms with E-state index in [0.717, 1.165) is 11.1 Å². The summed E-state index contributed by atoms with van der Waals surface area (Å²) in [4.78, 5) is 25.4. The molecule has 0 spiro atoms. The number of halogens is 2. The minimum Gasteiger partial charge on any atom is -0.488 e. The van der Waals surface area contributed by atoms with Gasteiger partial charge in [-0.15, -0.1) is 0 Å². The van der Waals surface area contributed by atoms with Gasteiger partial charge in [0, 0.05) is 21.2 Å². The lowest BCUT2D eigenvalue weighted by Crippen LogP contribution is -2.48. The SMILES string of the molecule is Cc1ccc(C(=O)NC(C(=O)NN=Cc2cc(Cl)ccc2OCc2cccc(Cl)c2)C(C)C)cc1. The molecule has 2 N–H and O–H groups in total. The lowest BCUT2D eigenvalue weighted by molar-refractivity contribution is -0.123. The van der Waals surface area contributed by atoms with Crippen molar-refractivity contribution in [1.29, 1.82) is 0 Å². The Kier molecular flexibility index (Phi) is 9.29. The monoisotopic (exact) mass is 511 g/mol. The van der Waals surface area contributed by atoms with Crippen molar-refractivity contribution in [3.63, 3.8) is 0 Å². The van der Waals surface area contributed by atoms with Crippen molar-refractivity contribution in [1.82, 2.24) is 10.7 Å². The van der Waals surface area contributed by atoms with Crippen LogP contribution < -0.4 is 15.5 Å². The number of hydrogen-bond acceptors (Lipinski definition) is 4. The van der Waals surface area contributed by atoms with Gasteiger partial charge in [-0.2, -0.15) is 5.10 Å². The van der Waals surface area contributed by atoms with Crippen LogP contribution in [0.3, 0.4) is 0 Å². The maximum absolute atomic E-state index is 12.8. The van der Waals surface area contributed by atoms with E-state index in [1.807, 2.05) is 51.1 Å². The highest BCUT2D eigenvalue weighted by molar-refractivity contribution is 6.31. The van der Waals surface area contributed by atoms with Crippen LogP contribution in [0.2, 0.25) is 10.0 Å². The van der Waals surface area contributed by atoms with Gasteiger partial charge in [-0.1, -0.05) is 66.9 Å². The maximum Gasteiger partial charge on any atom is 0.262 e. The van der Waals surface area contributed by atoms with Crippen molar-refractivity contribution >= 4 is 41.2 Å². The second-order valence-corrected chi connectivity index (χ2v) is 9.27. The van der Waals surface area contributed by atoms with Crippen LogP contribution in [-0.2, 0) is 11.4 Å². The van der Waals surface area contributed by atoms with Crippen LogP contribution in [0.25, 0.3) is 0 Å². The van der Waals surface area contributed by atoms with Gasteiger partial charge < -0.3 is 10.1 Å². The van der Waals surface area contributed by atoms with Crippen LogP contribution in [-0.4, -0.2) is 24.1 Å². The first-order valence-corrected chi connectivity index (χ1v) is 11.9. The van der Waals surface area contributed by atoms with E-state index in [1.165, 1.54) is 6.21 Å². The topological polar surface area (TPSA) is 79.8 Å². The zero-order valence-corrected chi connectivity index (χ0v) is 21.2. The Balaban J connectivity index is 1.66. The fourth-order valence-corrected chi connectivity index (χ4v) is 3.63. The molecule has 0 aliphatic heterocycles. The predicted octanol–water partition coefficient (Wildman–Crippen LogP) is 5.79. The fraction of sp³-hybridized carbons (Fsp3) is 0.222. The molecule has 3 aromatic carbocycles. The number of ether oxygens (including phenoxy) is 1. The Labute approximate surface area is 215 Å². The van der Waals surface area contributed by atoms with Crippen LogP contribution in [0.15, 0.2) is 71.8 Å². The highest BCUT2D eigenvalue weighted by Gasteiger charge is 2.24. The molecular weight excluding hydrogens is 485 g/mol. The van der Waals surface area contributed by atoms with Gasteiger partial charge in [0.05, 0.1) is 6.21 Å². The average molecular weight is 512 g/mol. The van der Waals surface area contributed by atoms with Gasteiger partial charge in [0.2, 0.25) is 0 Å². The highest BCUT2D eigenvalue weighted by atomic mass is 35.5. The minimum absolute atomic E-state index is 0.151. The van der Waals surface area contributed by atoms with Gasteiger partial charge in [-0.25, -0.2) is 5.43 Å². The summed E-state index contributed by atoms with van der Waals surface area (Å²) in [5.41, 5.74) is 5.54. The number of hydrazone groups is 1. The molecule has 0 saturated heterocycles. The zero-order valence-electron chi connectivity index (χ0n) is 19.7. The summed E-state index contributed by atoms with van der Waals surface area (Å²) < 4.78 is 5.91. The zero-order chi connectivity index (χ0) is 25.4. The van der Waals surface area contributed by atoms with E-state index >= 15 is 0 Å². The summed E-state index contributed by atoms with van der Waals surface area (Å²) in [7, 11) is 0. The van der Waals surface area contributed by atoms with Gasteiger partial charge in [0.1, 0.15) is 18.4 Å². The number of hydrogen-bond donors (Lipinski definition) is 2. The molecule has 35 heavy (non-hydrogen) atoms. The second-order valence-electron chi connectivity index (χ2n) is 8.40. The summed E-state index contributed by atoms with van der Waals surface area (Å²) in [5, 5.41) is 7.98. The Morgan fingerprint density at radius 1 is 1.00 bits per heavy atom. The Morgan fingerprint density at radius 2 is 1.71 bits per heavy atom. The van der Waals surface area contributed by atoms with E-state index in [4.69, 9.17) is 27.9 Å². The predicted molar refractivity (Wildman–Crippen MR) is 140 cm³/mol. The first-order chi connectivity index (χ1) is 16.7. The van der Waals surface area contributed by atoms with E-state index in [2.05, 4.69) is 15.8 Å². The van der Waals surface area contributed by atoms with E-state index in [1.54, 1.807) is 36.4 Å². The maximum atomic E-state index is 12.8. The van der Waals surface area contributed by atoms with Crippen molar-refractivity contribution in [3.8, 4) is 5.75 Å². The van der Waals surface area contributed by atoms with E-state index in [-0.39, 0.29) is 11.8 Å². The number of nitrogens with zero attached hydrogens (tertiary/aromatic N) is 1. The molecule has 0 aromatic heterocycles. The molecule has 0 saturated carbocycles. The molecule has 0 aliphatic carbocycles. The number of rotatable bonds is 9. The molecule has 3 aromatic rings. The van der Waals surface area contributed by atoms with Gasteiger partial charge in [-0.3, -0.25) is 9.59 Å². The van der Waals surface area contributed by atoms with Gasteiger partial charge in [-0.05, 0) is 60.9 Å². The molecule has 3 rings (SSSR count). The van der Waals surface area contributed by atoms with Crippen molar-refractivity contribution in [2.24, 2.45) is 11.0 Å². The Morgan fingerprint density at radius 3 is 2.40 bits per heavy atom. The molecule has 0 fully saturated rings. The molecule has 182 valence electrons. The molecule has 1 atom stereocenters. The lowest BCUT2D eigenvalue weighted by Gasteiger charge is -2.20. The first-order valence-electron chi connectivity index (χ1n) is 11.1. The normalized spacial score (nSPS) is 11.9. The van der Waals surface area contributed by atoms with Crippen LogP contribution in [0.1, 0.15) is 40.9 Å². The van der Waals surface area contributed by atoms with Crippen LogP contribution in [0, 0.1) is 12.8 Å². The number of amides is 2. The Hall–Kier alpha value is -3.35. The quantitative estimate of drug-likeness (QED) is 0.282. The summed E-state index contributed by atoms with van der Waals surface area (Å²) in [6.45, 7) is 5.94. The summed E-state index contributed by atoms with van der Waals surface area (Å²) in [5.74, 6) is -0.364. The van der Waals surface area contributed by atoms with Crippen molar-refractivity contribution in [2.45, 2.75) is 33.4 Å². The van der Waals surface area contributed by atoms with Gasteiger partial charge in [0.25, 0.3) is 11.8 Å². The molecule has 8 heteroatoms. The minimum atomic E-state index is -0.765.